The lowest BCUT2D eigenvalue weighted by molar-refractivity contribution is 0.696. The first-order valence-corrected chi connectivity index (χ1v) is 6.43. The summed E-state index contributed by atoms with van der Waals surface area (Å²) in [6, 6.07) is 0. The van der Waals surface area contributed by atoms with Gasteiger partial charge in [-0.3, -0.25) is 0 Å². The largest absolute Gasteiger partial charge is 0.0667 e. The third-order valence-corrected chi connectivity index (χ3v) is 2.57. The van der Waals surface area contributed by atoms with Crippen LogP contribution in [0.15, 0.2) is 5.57 Å². The molecule has 0 aromatic carbocycles. The zero-order valence-corrected chi connectivity index (χ0v) is 10.4. The molecule has 0 heteroatoms. The second-order valence-electron chi connectivity index (χ2n) is 4.09. The molecular weight excluding hydrogens is 168 g/mol. The summed E-state index contributed by atoms with van der Waals surface area (Å²) in [4.78, 5) is 0. The summed E-state index contributed by atoms with van der Waals surface area (Å²) in [6.45, 7) is 6.78. The summed E-state index contributed by atoms with van der Waals surface area (Å²) in [6.07, 6.45) is 15.3. The van der Waals surface area contributed by atoms with Crippen molar-refractivity contribution >= 4 is 0 Å². The molecule has 0 aliphatic rings. The van der Waals surface area contributed by atoms with Crippen LogP contribution in [0.5, 0.6) is 0 Å². The van der Waals surface area contributed by atoms with E-state index in [9.17, 15) is 0 Å². The Balaban J connectivity index is 3.75. The number of allylic oxidation sites excluding steroid dienone is 2. The quantitative estimate of drug-likeness (QED) is 0.439. The molecule has 0 bridgehead atoms. The number of unbranched alkanes of at least 4 members (excludes halogenated alkanes) is 4. The highest BCUT2D eigenvalue weighted by molar-refractivity contribution is 4.96. The summed E-state index contributed by atoms with van der Waals surface area (Å²) >= 11 is 0. The Labute approximate surface area is 90.8 Å². The van der Waals surface area contributed by atoms with Crippen molar-refractivity contribution in [2.75, 3.05) is 0 Å². The maximum atomic E-state index is 3.61. The maximum absolute atomic E-state index is 3.61. The number of rotatable bonds is 9. The molecular formula is C14H27. The van der Waals surface area contributed by atoms with Crippen LogP contribution < -0.4 is 0 Å². The Morgan fingerprint density at radius 3 is 1.71 bits per heavy atom. The molecule has 0 rings (SSSR count). The van der Waals surface area contributed by atoms with Gasteiger partial charge in [0.2, 0.25) is 0 Å². The fourth-order valence-electron chi connectivity index (χ4n) is 1.52. The molecule has 0 saturated heterocycles. The topological polar surface area (TPSA) is 0 Å². The summed E-state index contributed by atoms with van der Waals surface area (Å²) in [7, 11) is 0. The Bertz CT molecular complexity index is 123. The smallest absolute Gasteiger partial charge is 0.0277 e. The first kappa shape index (κ1) is 13.7. The molecule has 0 atom stereocenters. The molecule has 0 aromatic rings. The van der Waals surface area contributed by atoms with Crippen molar-refractivity contribution < 1.29 is 0 Å². The Hall–Kier alpha value is -0.260. The van der Waals surface area contributed by atoms with Crippen molar-refractivity contribution in [3.63, 3.8) is 0 Å². The highest BCUT2D eigenvalue weighted by Crippen LogP contribution is 2.15. The van der Waals surface area contributed by atoms with Gasteiger partial charge < -0.3 is 0 Å². The van der Waals surface area contributed by atoms with Gasteiger partial charge in [-0.15, -0.1) is 0 Å². The van der Waals surface area contributed by atoms with Crippen molar-refractivity contribution in [3.8, 4) is 0 Å². The van der Waals surface area contributed by atoms with Crippen molar-refractivity contribution in [1.82, 2.24) is 0 Å². The molecule has 0 aliphatic heterocycles. The average molecular weight is 195 g/mol. The maximum Gasteiger partial charge on any atom is -0.0277 e. The van der Waals surface area contributed by atoms with E-state index in [4.69, 9.17) is 0 Å². The van der Waals surface area contributed by atoms with Gasteiger partial charge in [0.15, 0.2) is 0 Å². The second-order valence-corrected chi connectivity index (χ2v) is 4.09. The Kier molecular flexibility index (Phi) is 10.6. The Morgan fingerprint density at radius 1 is 0.786 bits per heavy atom. The summed E-state index contributed by atoms with van der Waals surface area (Å²) in [5, 5.41) is 0. The van der Waals surface area contributed by atoms with Crippen LogP contribution in [-0.2, 0) is 0 Å². The van der Waals surface area contributed by atoms with Crippen molar-refractivity contribution in [3.05, 3.63) is 11.6 Å². The van der Waals surface area contributed by atoms with Gasteiger partial charge in [-0.1, -0.05) is 45.6 Å². The van der Waals surface area contributed by atoms with Crippen molar-refractivity contribution in [2.45, 2.75) is 78.6 Å². The van der Waals surface area contributed by atoms with E-state index < -0.39 is 0 Å². The third-order valence-electron chi connectivity index (χ3n) is 2.57. The minimum absolute atomic E-state index is 1.18. The molecule has 0 fully saturated rings. The molecule has 0 aliphatic carbocycles. The van der Waals surface area contributed by atoms with Crippen LogP contribution in [0.2, 0.25) is 0 Å². The van der Waals surface area contributed by atoms with Gasteiger partial charge >= 0.3 is 0 Å². The normalized spacial score (nSPS) is 10.2. The van der Waals surface area contributed by atoms with Gasteiger partial charge in [0, 0.05) is 0 Å². The number of hydrogen-bond acceptors (Lipinski definition) is 0. The van der Waals surface area contributed by atoms with E-state index >= 15 is 0 Å². The minimum Gasteiger partial charge on any atom is -0.0667 e. The summed E-state index contributed by atoms with van der Waals surface area (Å²) in [5.74, 6) is 0. The lowest BCUT2D eigenvalue weighted by atomic mass is 10.0. The summed E-state index contributed by atoms with van der Waals surface area (Å²) < 4.78 is 0. The number of hydrogen-bond donors (Lipinski definition) is 0. The van der Waals surface area contributed by atoms with E-state index in [1.807, 2.05) is 0 Å². The minimum atomic E-state index is 1.18. The van der Waals surface area contributed by atoms with Crippen LogP contribution in [0.4, 0.5) is 0 Å². The first-order valence-electron chi connectivity index (χ1n) is 6.43. The second kappa shape index (κ2) is 10.8. The molecule has 0 nitrogen and oxygen atoms in total. The van der Waals surface area contributed by atoms with Gasteiger partial charge in [0.1, 0.15) is 0 Å². The van der Waals surface area contributed by atoms with E-state index in [1.54, 1.807) is 5.57 Å². The highest BCUT2D eigenvalue weighted by Gasteiger charge is 1.96. The molecule has 14 heavy (non-hydrogen) atoms. The van der Waals surface area contributed by atoms with E-state index in [2.05, 4.69) is 26.8 Å². The van der Waals surface area contributed by atoms with E-state index in [-0.39, 0.29) is 0 Å². The SMILES string of the molecule is CCCC[C]=C(CCCC)CCCC. The average Bonchev–Trinajstić information content (AvgIpc) is 2.21. The predicted molar refractivity (Wildman–Crippen MR) is 65.3 cm³/mol. The Morgan fingerprint density at radius 2 is 1.29 bits per heavy atom. The van der Waals surface area contributed by atoms with Crippen molar-refractivity contribution in [1.29, 1.82) is 0 Å². The van der Waals surface area contributed by atoms with Gasteiger partial charge in [-0.05, 0) is 44.6 Å². The first-order chi connectivity index (χ1) is 6.85. The van der Waals surface area contributed by atoms with Crippen LogP contribution in [0, 0.1) is 6.08 Å². The zero-order chi connectivity index (χ0) is 10.6. The van der Waals surface area contributed by atoms with Gasteiger partial charge in [-0.25, -0.2) is 0 Å². The van der Waals surface area contributed by atoms with Crippen LogP contribution in [0.3, 0.4) is 0 Å². The van der Waals surface area contributed by atoms with Crippen LogP contribution in [0.25, 0.3) is 0 Å². The fourth-order valence-corrected chi connectivity index (χ4v) is 1.52. The van der Waals surface area contributed by atoms with E-state index in [0.717, 1.165) is 0 Å². The van der Waals surface area contributed by atoms with Gasteiger partial charge in [0.25, 0.3) is 0 Å². The highest BCUT2D eigenvalue weighted by atomic mass is 14.0. The van der Waals surface area contributed by atoms with Gasteiger partial charge in [0.05, 0.1) is 0 Å². The van der Waals surface area contributed by atoms with Crippen molar-refractivity contribution in [2.24, 2.45) is 0 Å². The molecule has 1 radical (unpaired) electrons. The lowest BCUT2D eigenvalue weighted by Gasteiger charge is -2.05. The molecule has 83 valence electrons. The van der Waals surface area contributed by atoms with Crippen LogP contribution in [-0.4, -0.2) is 0 Å². The van der Waals surface area contributed by atoms with Gasteiger partial charge in [-0.2, -0.15) is 0 Å². The predicted octanol–water partition coefficient (Wildman–Crippen LogP) is 5.29. The molecule has 0 heterocycles. The molecule has 0 unspecified atom stereocenters. The van der Waals surface area contributed by atoms with Crippen LogP contribution >= 0.6 is 0 Å². The third kappa shape index (κ3) is 8.34. The lowest BCUT2D eigenvalue weighted by Crippen LogP contribution is -1.86. The monoisotopic (exact) mass is 195 g/mol. The van der Waals surface area contributed by atoms with E-state index in [1.165, 1.54) is 57.8 Å². The van der Waals surface area contributed by atoms with E-state index in [0.29, 0.717) is 0 Å². The molecule has 0 aromatic heterocycles. The molecule has 0 saturated carbocycles. The fraction of sp³-hybridized carbons (Fsp3) is 0.857. The molecule has 0 N–H and O–H groups in total. The van der Waals surface area contributed by atoms with Crippen LogP contribution in [0.1, 0.15) is 78.6 Å². The zero-order valence-electron chi connectivity index (χ0n) is 10.4. The standard InChI is InChI=1S/C14H27/c1-4-7-10-13-14(11-8-5-2)12-9-6-3/h4-12H2,1-3H3. The summed E-state index contributed by atoms with van der Waals surface area (Å²) in [5.41, 5.74) is 1.60. The molecule has 0 spiro atoms. The molecule has 0 amide bonds.